The van der Waals surface area contributed by atoms with Gasteiger partial charge in [0.15, 0.2) is 0 Å². The highest BCUT2D eigenvalue weighted by Gasteiger charge is 2.26. The number of amides is 2. The predicted molar refractivity (Wildman–Crippen MR) is 100 cm³/mol. The molecule has 1 saturated heterocycles. The minimum atomic E-state index is -0.511. The van der Waals surface area contributed by atoms with Crippen molar-refractivity contribution < 1.29 is 14.3 Å². The van der Waals surface area contributed by atoms with E-state index in [9.17, 15) is 9.59 Å². The molecule has 1 N–H and O–H groups in total. The van der Waals surface area contributed by atoms with E-state index in [4.69, 9.17) is 21.6 Å². The number of nitrogens with zero attached hydrogens (tertiary/aromatic N) is 3. The van der Waals surface area contributed by atoms with Crippen molar-refractivity contribution in [3.8, 4) is 6.07 Å². The molecular formula is C18H23ClN4O3. The van der Waals surface area contributed by atoms with Gasteiger partial charge in [-0.1, -0.05) is 11.6 Å². The maximum Gasteiger partial charge on any atom is 0.410 e. The molecule has 2 amide bonds. The molecule has 1 aromatic carbocycles. The molecule has 0 unspecified atom stereocenters. The highest BCUT2D eigenvalue weighted by molar-refractivity contribution is 6.33. The van der Waals surface area contributed by atoms with Gasteiger partial charge in [0.1, 0.15) is 12.0 Å². The third kappa shape index (κ3) is 5.53. The van der Waals surface area contributed by atoms with E-state index in [1.165, 1.54) is 0 Å². The summed E-state index contributed by atoms with van der Waals surface area (Å²) in [7, 11) is 0. The molecule has 0 saturated carbocycles. The van der Waals surface area contributed by atoms with Crippen LogP contribution in [0.2, 0.25) is 5.02 Å². The van der Waals surface area contributed by atoms with Gasteiger partial charge in [0, 0.05) is 31.9 Å². The Balaban J connectivity index is 1.96. The van der Waals surface area contributed by atoms with Gasteiger partial charge in [-0.05, 0) is 39.0 Å². The first-order valence-electron chi connectivity index (χ1n) is 8.39. The lowest BCUT2D eigenvalue weighted by molar-refractivity contribution is -0.115. The van der Waals surface area contributed by atoms with Crippen LogP contribution < -0.4 is 10.2 Å². The van der Waals surface area contributed by atoms with Crippen molar-refractivity contribution in [2.75, 3.05) is 36.4 Å². The standard InChI is InChI=1S/C18H23ClN4O3/c1-18(2,3)26-17(25)23-10-8-22(9-11-23)15-5-4-13(12-14(15)19)21-16(24)6-7-20/h4-5,12H,6,8-11H2,1-3H3,(H,21,24). The number of nitrogens with one attached hydrogen (secondary N) is 1. The van der Waals surface area contributed by atoms with Gasteiger partial charge < -0.3 is 19.9 Å². The van der Waals surface area contributed by atoms with Crippen LogP contribution in [0.4, 0.5) is 16.2 Å². The number of anilines is 2. The first-order chi connectivity index (χ1) is 12.2. The number of nitriles is 1. The van der Waals surface area contributed by atoms with Gasteiger partial charge in [-0.2, -0.15) is 5.26 Å². The van der Waals surface area contributed by atoms with E-state index in [2.05, 4.69) is 10.2 Å². The van der Waals surface area contributed by atoms with Gasteiger partial charge in [-0.3, -0.25) is 4.79 Å². The number of hydrogen-bond acceptors (Lipinski definition) is 5. The molecule has 7 nitrogen and oxygen atoms in total. The molecule has 1 heterocycles. The number of carbonyl (C=O) groups is 2. The number of halogens is 1. The zero-order chi connectivity index (χ0) is 19.3. The molecule has 0 bridgehead atoms. The summed E-state index contributed by atoms with van der Waals surface area (Å²) in [6, 6.07) is 7.03. The van der Waals surface area contributed by atoms with E-state index in [1.807, 2.05) is 26.8 Å². The second-order valence-electron chi connectivity index (χ2n) is 7.00. The van der Waals surface area contributed by atoms with Crippen LogP contribution in [0.3, 0.4) is 0 Å². The molecule has 1 aliphatic rings. The topological polar surface area (TPSA) is 85.7 Å². The number of hydrogen-bond donors (Lipinski definition) is 1. The van der Waals surface area contributed by atoms with Crippen LogP contribution >= 0.6 is 11.6 Å². The Kier molecular flexibility index (Phi) is 6.32. The molecule has 8 heteroatoms. The Bertz CT molecular complexity index is 716. The smallest absolute Gasteiger partial charge is 0.410 e. The van der Waals surface area contributed by atoms with E-state index in [1.54, 1.807) is 23.1 Å². The van der Waals surface area contributed by atoms with Gasteiger partial charge in [-0.25, -0.2) is 4.79 Å². The summed E-state index contributed by atoms with van der Waals surface area (Å²) in [6.07, 6.45) is -0.509. The van der Waals surface area contributed by atoms with Crippen LogP contribution in [0.25, 0.3) is 0 Å². The van der Waals surface area contributed by atoms with Gasteiger partial charge in [0.25, 0.3) is 0 Å². The predicted octanol–water partition coefficient (Wildman–Crippen LogP) is 3.25. The van der Waals surface area contributed by atoms with Crippen molar-refractivity contribution in [1.82, 2.24) is 4.90 Å². The van der Waals surface area contributed by atoms with Crippen LogP contribution in [0.1, 0.15) is 27.2 Å². The first-order valence-corrected chi connectivity index (χ1v) is 8.76. The van der Waals surface area contributed by atoms with Crippen LogP contribution in [0.5, 0.6) is 0 Å². The third-order valence-electron chi connectivity index (χ3n) is 3.74. The summed E-state index contributed by atoms with van der Waals surface area (Å²) >= 11 is 6.35. The maximum absolute atomic E-state index is 12.1. The molecule has 26 heavy (non-hydrogen) atoms. The van der Waals surface area contributed by atoms with Gasteiger partial charge >= 0.3 is 6.09 Å². The normalized spacial score (nSPS) is 14.6. The van der Waals surface area contributed by atoms with Crippen molar-refractivity contribution in [3.63, 3.8) is 0 Å². The van der Waals surface area contributed by atoms with E-state index >= 15 is 0 Å². The number of benzene rings is 1. The summed E-state index contributed by atoms with van der Waals surface area (Å²) in [6.45, 7) is 7.91. The molecule has 0 spiro atoms. The summed E-state index contributed by atoms with van der Waals surface area (Å²) < 4.78 is 5.39. The average Bonchev–Trinajstić information content (AvgIpc) is 2.54. The minimum Gasteiger partial charge on any atom is -0.444 e. The minimum absolute atomic E-state index is 0.202. The van der Waals surface area contributed by atoms with E-state index < -0.39 is 5.60 Å². The van der Waals surface area contributed by atoms with E-state index in [0.717, 1.165) is 5.69 Å². The van der Waals surface area contributed by atoms with Crippen molar-refractivity contribution in [1.29, 1.82) is 5.26 Å². The Morgan fingerprint density at radius 2 is 1.92 bits per heavy atom. The number of carbonyl (C=O) groups excluding carboxylic acids is 2. The van der Waals surface area contributed by atoms with Crippen molar-refractivity contribution in [3.05, 3.63) is 23.2 Å². The lowest BCUT2D eigenvalue weighted by Crippen LogP contribution is -2.50. The second kappa shape index (κ2) is 8.28. The quantitative estimate of drug-likeness (QED) is 0.872. The Labute approximate surface area is 158 Å². The molecule has 1 fully saturated rings. The summed E-state index contributed by atoms with van der Waals surface area (Å²) in [5.41, 5.74) is 0.878. The van der Waals surface area contributed by atoms with Gasteiger partial charge in [0.05, 0.1) is 16.8 Å². The van der Waals surface area contributed by atoms with Crippen molar-refractivity contribution in [2.45, 2.75) is 32.8 Å². The highest BCUT2D eigenvalue weighted by atomic mass is 35.5. The molecule has 1 aliphatic heterocycles. The Morgan fingerprint density at radius 1 is 1.27 bits per heavy atom. The molecule has 1 aromatic rings. The van der Waals surface area contributed by atoms with Gasteiger partial charge in [-0.15, -0.1) is 0 Å². The lowest BCUT2D eigenvalue weighted by Gasteiger charge is -2.37. The fourth-order valence-corrected chi connectivity index (χ4v) is 2.87. The molecule has 0 radical (unpaired) electrons. The Hall–Kier alpha value is -2.46. The zero-order valence-corrected chi connectivity index (χ0v) is 16.0. The molecule has 2 rings (SSSR count). The third-order valence-corrected chi connectivity index (χ3v) is 4.05. The molecule has 0 atom stereocenters. The van der Waals surface area contributed by atoms with Gasteiger partial charge in [0.2, 0.25) is 5.91 Å². The highest BCUT2D eigenvalue weighted by Crippen LogP contribution is 2.30. The van der Waals surface area contributed by atoms with Crippen LogP contribution in [0.15, 0.2) is 18.2 Å². The van der Waals surface area contributed by atoms with Crippen molar-refractivity contribution >= 4 is 35.0 Å². The summed E-state index contributed by atoms with van der Waals surface area (Å²) in [5, 5.41) is 11.7. The SMILES string of the molecule is CC(C)(C)OC(=O)N1CCN(c2ccc(NC(=O)CC#N)cc2Cl)CC1. The monoisotopic (exact) mass is 378 g/mol. The summed E-state index contributed by atoms with van der Waals surface area (Å²) in [5.74, 6) is -0.373. The fraction of sp³-hybridized carbons (Fsp3) is 0.500. The lowest BCUT2D eigenvalue weighted by atomic mass is 10.2. The molecule has 0 aliphatic carbocycles. The summed E-state index contributed by atoms with van der Waals surface area (Å²) in [4.78, 5) is 27.4. The van der Waals surface area contributed by atoms with Crippen LogP contribution in [-0.4, -0.2) is 48.7 Å². The number of piperazine rings is 1. The molecule has 0 aromatic heterocycles. The van der Waals surface area contributed by atoms with Crippen molar-refractivity contribution in [2.24, 2.45) is 0 Å². The number of ether oxygens (including phenoxy) is 1. The second-order valence-corrected chi connectivity index (χ2v) is 7.41. The Morgan fingerprint density at radius 3 is 2.46 bits per heavy atom. The van der Waals surface area contributed by atoms with Crippen LogP contribution in [-0.2, 0) is 9.53 Å². The van der Waals surface area contributed by atoms with Crippen LogP contribution in [0, 0.1) is 11.3 Å². The zero-order valence-electron chi connectivity index (χ0n) is 15.2. The average molecular weight is 379 g/mol. The van der Waals surface area contributed by atoms with E-state index in [-0.39, 0.29) is 18.4 Å². The first kappa shape index (κ1) is 19.9. The largest absolute Gasteiger partial charge is 0.444 e. The fourth-order valence-electron chi connectivity index (χ4n) is 2.57. The maximum atomic E-state index is 12.1. The molecular weight excluding hydrogens is 356 g/mol. The molecule has 140 valence electrons. The number of rotatable bonds is 3. The van der Waals surface area contributed by atoms with E-state index in [0.29, 0.717) is 36.9 Å².